The molecule has 0 aromatic heterocycles. The van der Waals surface area contributed by atoms with Crippen molar-refractivity contribution in [2.24, 2.45) is 0 Å². The van der Waals surface area contributed by atoms with Gasteiger partial charge in [0.1, 0.15) is 11.3 Å². The van der Waals surface area contributed by atoms with Gasteiger partial charge in [0.05, 0.1) is 25.8 Å². The van der Waals surface area contributed by atoms with E-state index in [1.807, 2.05) is 0 Å². The molecule has 0 heterocycles. The minimum atomic E-state index is -1.10. The van der Waals surface area contributed by atoms with Crippen molar-refractivity contribution in [3.8, 4) is 17.2 Å². The van der Waals surface area contributed by atoms with Gasteiger partial charge in [0.2, 0.25) is 0 Å². The Kier molecular flexibility index (Phi) is 7.80. The Hall–Kier alpha value is 0.206. The maximum Gasteiger partial charge on any atom is 1.00 e. The van der Waals surface area contributed by atoms with E-state index in [9.17, 15) is 9.90 Å². The third-order valence-corrected chi connectivity index (χ3v) is 3.12. The summed E-state index contributed by atoms with van der Waals surface area (Å²) in [6, 6.07) is 0. The summed E-state index contributed by atoms with van der Waals surface area (Å²) in [7, 11) is 4.34. The number of methoxy groups -OCH3 is 3. The van der Waals surface area contributed by atoms with E-state index in [1.54, 1.807) is 6.92 Å². The molecular formula is C11H14BrKO5. The number of aromatic carboxylic acids is 1. The Labute approximate surface area is 158 Å². The molecule has 0 atom stereocenters. The molecule has 96 valence electrons. The molecule has 1 aromatic carbocycles. The molecule has 7 heteroatoms. The van der Waals surface area contributed by atoms with E-state index in [0.717, 1.165) is 0 Å². The molecule has 0 spiro atoms. The Morgan fingerprint density at radius 3 is 1.89 bits per heavy atom. The Morgan fingerprint density at radius 2 is 1.56 bits per heavy atom. The van der Waals surface area contributed by atoms with E-state index in [0.29, 0.717) is 21.5 Å². The van der Waals surface area contributed by atoms with Gasteiger partial charge in [0.15, 0.2) is 11.5 Å². The molecule has 1 aromatic rings. The van der Waals surface area contributed by atoms with Crippen molar-refractivity contribution in [3.63, 3.8) is 0 Å². The zero-order chi connectivity index (χ0) is 13.2. The van der Waals surface area contributed by atoms with Gasteiger partial charge >= 0.3 is 57.4 Å². The molecule has 0 saturated carbocycles. The summed E-state index contributed by atoms with van der Waals surface area (Å²) < 4.78 is 15.8. The maximum absolute atomic E-state index is 11.2. The largest absolute Gasteiger partial charge is 1.00 e. The van der Waals surface area contributed by atoms with Crippen LogP contribution in [0.4, 0.5) is 0 Å². The average molecular weight is 345 g/mol. The number of halogens is 1. The fraction of sp³-hybridized carbons (Fsp3) is 0.364. The number of benzene rings is 1. The van der Waals surface area contributed by atoms with E-state index in [4.69, 9.17) is 14.2 Å². The number of ether oxygens (including phenoxy) is 3. The monoisotopic (exact) mass is 344 g/mol. The molecule has 1 rings (SSSR count). The molecule has 1 N–H and O–H groups in total. The van der Waals surface area contributed by atoms with E-state index in [-0.39, 0.29) is 64.1 Å². The molecule has 18 heavy (non-hydrogen) atoms. The molecule has 0 aliphatic rings. The number of rotatable bonds is 4. The van der Waals surface area contributed by atoms with Gasteiger partial charge in [-0.3, -0.25) is 0 Å². The van der Waals surface area contributed by atoms with Crippen molar-refractivity contribution in [2.75, 3.05) is 21.3 Å². The van der Waals surface area contributed by atoms with Gasteiger partial charge in [-0.2, -0.15) is 0 Å². The smallest absolute Gasteiger partial charge is 1.00 e. The Balaban J connectivity index is 0. The second-order valence-corrected chi connectivity index (χ2v) is 4.01. The van der Waals surface area contributed by atoms with Crippen molar-refractivity contribution >= 4 is 21.9 Å². The standard InChI is InChI=1S/C11H13BrO5.K.H/c1-5-8(15-2)6(11(13)14)7(12)10(17-4)9(5)16-3;;/h1-4H3,(H,13,14);;/q;+1;-1. The predicted molar refractivity (Wildman–Crippen MR) is 66.6 cm³/mol. The summed E-state index contributed by atoms with van der Waals surface area (Å²) in [6.07, 6.45) is 0. The molecule has 5 nitrogen and oxygen atoms in total. The van der Waals surface area contributed by atoms with E-state index < -0.39 is 5.97 Å². The van der Waals surface area contributed by atoms with Gasteiger partial charge < -0.3 is 20.7 Å². The van der Waals surface area contributed by atoms with Crippen molar-refractivity contribution in [3.05, 3.63) is 15.6 Å². The number of hydrogen-bond donors (Lipinski definition) is 1. The topological polar surface area (TPSA) is 65.0 Å². The van der Waals surface area contributed by atoms with Crippen LogP contribution in [0.25, 0.3) is 0 Å². The van der Waals surface area contributed by atoms with Crippen LogP contribution < -0.4 is 65.6 Å². The number of carboxylic acids is 1. The first kappa shape index (κ1) is 18.2. The Morgan fingerprint density at radius 1 is 1.11 bits per heavy atom. The summed E-state index contributed by atoms with van der Waals surface area (Å²) in [5, 5.41) is 9.18. The van der Waals surface area contributed by atoms with Gasteiger partial charge in [-0.25, -0.2) is 4.79 Å². The quantitative estimate of drug-likeness (QED) is 0.753. The van der Waals surface area contributed by atoms with Crippen molar-refractivity contribution < 1.29 is 76.9 Å². The van der Waals surface area contributed by atoms with Crippen LogP contribution in [-0.2, 0) is 0 Å². The van der Waals surface area contributed by atoms with Crippen LogP contribution in [0.3, 0.4) is 0 Å². The van der Waals surface area contributed by atoms with Crippen molar-refractivity contribution in [1.29, 1.82) is 0 Å². The number of carboxylic acid groups (broad SMARTS) is 1. The van der Waals surface area contributed by atoms with Crippen LogP contribution in [0.1, 0.15) is 17.3 Å². The summed E-state index contributed by atoms with van der Waals surface area (Å²) in [5.74, 6) is -0.0655. The SMILES string of the molecule is COc1c(C)c(OC)c(C(=O)O)c(Br)c1OC.[H-].[K+]. The van der Waals surface area contributed by atoms with Crippen molar-refractivity contribution in [1.82, 2.24) is 0 Å². The van der Waals surface area contributed by atoms with Gasteiger partial charge in [-0.15, -0.1) is 0 Å². The first-order valence-corrected chi connectivity index (χ1v) is 5.50. The van der Waals surface area contributed by atoms with E-state index >= 15 is 0 Å². The minimum absolute atomic E-state index is 0. The summed E-state index contributed by atoms with van der Waals surface area (Å²) >= 11 is 3.19. The van der Waals surface area contributed by atoms with Gasteiger partial charge in [0, 0.05) is 5.56 Å². The Bertz CT molecular complexity index is 467. The fourth-order valence-electron chi connectivity index (χ4n) is 1.65. The molecule has 0 saturated heterocycles. The third kappa shape index (κ3) is 3.20. The second-order valence-electron chi connectivity index (χ2n) is 3.22. The summed E-state index contributed by atoms with van der Waals surface area (Å²) in [5.41, 5.74) is 0.593. The molecule has 0 bridgehead atoms. The molecule has 0 radical (unpaired) electrons. The molecule has 0 unspecified atom stereocenters. The average Bonchev–Trinajstić information content (AvgIpc) is 2.29. The molecule has 0 fully saturated rings. The molecule has 0 aliphatic heterocycles. The van der Waals surface area contributed by atoms with Crippen LogP contribution in [-0.4, -0.2) is 32.4 Å². The van der Waals surface area contributed by atoms with Crippen molar-refractivity contribution in [2.45, 2.75) is 6.92 Å². The van der Waals surface area contributed by atoms with Gasteiger partial charge in [-0.1, -0.05) is 0 Å². The minimum Gasteiger partial charge on any atom is -1.00 e. The number of hydrogen-bond acceptors (Lipinski definition) is 4. The maximum atomic E-state index is 11.2. The summed E-state index contributed by atoms with van der Waals surface area (Å²) in [6.45, 7) is 1.71. The zero-order valence-corrected chi connectivity index (χ0v) is 15.7. The first-order chi connectivity index (χ1) is 7.99. The predicted octanol–water partition coefficient (Wildman–Crippen LogP) is -0.402. The zero-order valence-electron chi connectivity index (χ0n) is 12.0. The summed E-state index contributed by atoms with van der Waals surface area (Å²) in [4.78, 5) is 11.2. The molecule has 0 amide bonds. The van der Waals surface area contributed by atoms with Crippen LogP contribution in [0.15, 0.2) is 4.47 Å². The first-order valence-electron chi connectivity index (χ1n) is 4.70. The third-order valence-electron chi connectivity index (χ3n) is 2.36. The van der Waals surface area contributed by atoms with Gasteiger partial charge in [-0.05, 0) is 22.9 Å². The molecular weight excluding hydrogens is 331 g/mol. The van der Waals surface area contributed by atoms with Crippen LogP contribution in [0.5, 0.6) is 17.2 Å². The van der Waals surface area contributed by atoms with Crippen LogP contribution >= 0.6 is 15.9 Å². The van der Waals surface area contributed by atoms with E-state index in [2.05, 4.69) is 15.9 Å². The van der Waals surface area contributed by atoms with Crippen LogP contribution in [0, 0.1) is 6.92 Å². The number of carbonyl (C=O) groups is 1. The van der Waals surface area contributed by atoms with E-state index in [1.165, 1.54) is 21.3 Å². The van der Waals surface area contributed by atoms with Gasteiger partial charge in [0.25, 0.3) is 0 Å². The normalized spacial score (nSPS) is 9.39. The second kappa shape index (κ2) is 7.71. The van der Waals surface area contributed by atoms with Crippen LogP contribution in [0.2, 0.25) is 0 Å². The molecule has 0 aliphatic carbocycles. The fourth-order valence-corrected chi connectivity index (χ4v) is 2.34.